The molecule has 0 aromatic heterocycles. The molecule has 4 amide bonds. The normalized spacial score (nSPS) is 12.2. The van der Waals surface area contributed by atoms with Gasteiger partial charge in [-0.15, -0.1) is 0 Å². The van der Waals surface area contributed by atoms with Crippen molar-refractivity contribution >= 4 is 35.6 Å². The Kier molecular flexibility index (Phi) is 11.1. The second-order valence-electron chi connectivity index (χ2n) is 7.25. The second kappa shape index (κ2) is 13.5. The van der Waals surface area contributed by atoms with E-state index >= 15 is 0 Å². The molecule has 1 rings (SSSR count). The lowest BCUT2D eigenvalue weighted by Gasteiger charge is -2.30. The number of carbonyl (C=O) groups excluding carboxylic acids is 5. The molecule has 0 fully saturated rings. The fraction of sp³-hybridized carbons (Fsp3) is 0.450. The van der Waals surface area contributed by atoms with Crippen LogP contribution in [-0.4, -0.2) is 78.6 Å². The van der Waals surface area contributed by atoms with Crippen LogP contribution < -0.4 is 26.8 Å². The van der Waals surface area contributed by atoms with E-state index in [4.69, 9.17) is 16.2 Å². The summed E-state index contributed by atoms with van der Waals surface area (Å²) >= 11 is 0. The van der Waals surface area contributed by atoms with Crippen LogP contribution in [0.15, 0.2) is 18.2 Å². The molecule has 2 unspecified atom stereocenters. The molecule has 0 aliphatic rings. The highest BCUT2D eigenvalue weighted by Crippen LogP contribution is 2.24. The predicted octanol–water partition coefficient (Wildman–Crippen LogP) is -1.54. The number of aldehydes is 1. The number of ether oxygens (including phenoxy) is 1. The molecule has 14 nitrogen and oxygen atoms in total. The van der Waals surface area contributed by atoms with Crippen LogP contribution >= 0.6 is 0 Å². The van der Waals surface area contributed by atoms with Crippen molar-refractivity contribution in [2.75, 3.05) is 26.7 Å². The van der Waals surface area contributed by atoms with Gasteiger partial charge in [0.1, 0.15) is 17.9 Å². The van der Waals surface area contributed by atoms with E-state index in [1.54, 1.807) is 6.92 Å². The maximum absolute atomic E-state index is 13.1. The summed E-state index contributed by atoms with van der Waals surface area (Å²) in [5, 5.41) is 15.9. The number of nitro groups is 1. The number of primary amides is 2. The molecular formula is C20H28N6O8. The van der Waals surface area contributed by atoms with E-state index in [1.165, 1.54) is 13.1 Å². The molecule has 0 bridgehead atoms. The Morgan fingerprint density at radius 3 is 2.41 bits per heavy atom. The third kappa shape index (κ3) is 8.82. The SMILES string of the molecule is CCC(CN(CC(N)=O)C(=O)C(CC(N)=O)NC(=O)CNC)Oc1ccc([N+](=O)[O-])cc1C=O. The number of nitrogens with zero attached hydrogens (tertiary/aromatic N) is 2. The van der Waals surface area contributed by atoms with Crippen LogP contribution in [0, 0.1) is 10.1 Å². The minimum absolute atomic E-state index is 0.0370. The van der Waals surface area contributed by atoms with E-state index in [0.717, 1.165) is 17.0 Å². The monoisotopic (exact) mass is 480 g/mol. The van der Waals surface area contributed by atoms with Crippen molar-refractivity contribution in [1.82, 2.24) is 15.5 Å². The Balaban J connectivity index is 3.15. The number of carbonyl (C=O) groups is 5. The van der Waals surface area contributed by atoms with Crippen molar-refractivity contribution in [3.05, 3.63) is 33.9 Å². The molecule has 0 aliphatic carbocycles. The van der Waals surface area contributed by atoms with Gasteiger partial charge in [-0.3, -0.25) is 34.1 Å². The molecular weight excluding hydrogens is 452 g/mol. The van der Waals surface area contributed by atoms with Crippen molar-refractivity contribution in [3.8, 4) is 5.75 Å². The van der Waals surface area contributed by atoms with Crippen molar-refractivity contribution in [2.45, 2.75) is 31.9 Å². The molecule has 1 aromatic rings. The number of nitrogens with two attached hydrogens (primary N) is 2. The Morgan fingerprint density at radius 1 is 1.24 bits per heavy atom. The van der Waals surface area contributed by atoms with Crippen LogP contribution in [0.5, 0.6) is 5.75 Å². The smallest absolute Gasteiger partial charge is 0.270 e. The quantitative estimate of drug-likeness (QED) is 0.130. The summed E-state index contributed by atoms with van der Waals surface area (Å²) in [6.45, 7) is 0.828. The molecule has 0 aliphatic heterocycles. The third-order valence-corrected chi connectivity index (χ3v) is 4.54. The van der Waals surface area contributed by atoms with Gasteiger partial charge in [0.2, 0.25) is 23.6 Å². The standard InChI is InChI=1S/C20H28N6O8/c1-3-14(34-16-5-4-13(26(32)33)6-12(16)11-27)9-25(10-18(22)29)20(31)15(7-17(21)28)24-19(30)8-23-2/h4-6,11,14-15,23H,3,7-10H2,1-2H3,(H2,21,28)(H2,22,29)(H,24,30). The Morgan fingerprint density at radius 2 is 1.91 bits per heavy atom. The lowest BCUT2D eigenvalue weighted by atomic mass is 10.1. The Bertz CT molecular complexity index is 938. The lowest BCUT2D eigenvalue weighted by molar-refractivity contribution is -0.384. The first-order valence-electron chi connectivity index (χ1n) is 10.2. The molecule has 14 heteroatoms. The molecule has 0 saturated carbocycles. The number of amides is 4. The number of non-ortho nitro benzene ring substituents is 1. The van der Waals surface area contributed by atoms with Crippen LogP contribution in [0.3, 0.4) is 0 Å². The molecule has 0 heterocycles. The number of nitrogens with one attached hydrogen (secondary N) is 2. The van der Waals surface area contributed by atoms with Gasteiger partial charge in [0, 0.05) is 12.1 Å². The summed E-state index contributed by atoms with van der Waals surface area (Å²) in [6, 6.07) is 2.10. The zero-order valence-electron chi connectivity index (χ0n) is 18.8. The highest BCUT2D eigenvalue weighted by molar-refractivity contribution is 5.93. The topological polar surface area (TPSA) is 217 Å². The zero-order chi connectivity index (χ0) is 25.8. The minimum atomic E-state index is -1.35. The van der Waals surface area contributed by atoms with E-state index in [1.807, 2.05) is 0 Å². The average molecular weight is 480 g/mol. The summed E-state index contributed by atoms with van der Waals surface area (Å²) in [5.41, 5.74) is 10.1. The summed E-state index contributed by atoms with van der Waals surface area (Å²) in [5.74, 6) is -3.04. The molecule has 1 aromatic carbocycles. The number of likely N-dealkylation sites (N-methyl/N-ethyl adjacent to an activating group) is 1. The maximum atomic E-state index is 13.1. The summed E-state index contributed by atoms with van der Waals surface area (Å²) in [6.07, 6.45) is -0.601. The van der Waals surface area contributed by atoms with Gasteiger partial charge >= 0.3 is 0 Å². The number of hydrogen-bond acceptors (Lipinski definition) is 9. The van der Waals surface area contributed by atoms with Gasteiger partial charge in [-0.05, 0) is 19.5 Å². The van der Waals surface area contributed by atoms with Gasteiger partial charge in [0.05, 0.1) is 36.5 Å². The second-order valence-corrected chi connectivity index (χ2v) is 7.25. The van der Waals surface area contributed by atoms with Crippen molar-refractivity contribution in [1.29, 1.82) is 0 Å². The van der Waals surface area contributed by atoms with E-state index in [2.05, 4.69) is 10.6 Å². The number of hydrogen-bond donors (Lipinski definition) is 4. The van der Waals surface area contributed by atoms with Gasteiger partial charge in [0.15, 0.2) is 6.29 Å². The van der Waals surface area contributed by atoms with E-state index in [9.17, 15) is 34.1 Å². The average Bonchev–Trinajstić information content (AvgIpc) is 2.76. The molecule has 0 spiro atoms. The van der Waals surface area contributed by atoms with Gasteiger partial charge in [-0.25, -0.2) is 0 Å². The molecule has 6 N–H and O–H groups in total. The van der Waals surface area contributed by atoms with Gasteiger partial charge in [0.25, 0.3) is 5.69 Å². The Hall–Kier alpha value is -4.07. The zero-order valence-corrected chi connectivity index (χ0v) is 18.8. The van der Waals surface area contributed by atoms with Gasteiger partial charge in [-0.2, -0.15) is 0 Å². The third-order valence-electron chi connectivity index (χ3n) is 4.54. The molecule has 0 radical (unpaired) electrons. The first kappa shape index (κ1) is 28.0. The largest absolute Gasteiger partial charge is 0.488 e. The van der Waals surface area contributed by atoms with Crippen molar-refractivity contribution in [2.24, 2.45) is 11.5 Å². The highest BCUT2D eigenvalue weighted by Gasteiger charge is 2.30. The van der Waals surface area contributed by atoms with Crippen LogP contribution in [-0.2, 0) is 19.2 Å². The van der Waals surface area contributed by atoms with Crippen molar-refractivity contribution < 1.29 is 33.6 Å². The van der Waals surface area contributed by atoms with Crippen LogP contribution in [0.1, 0.15) is 30.1 Å². The predicted molar refractivity (Wildman–Crippen MR) is 119 cm³/mol. The van der Waals surface area contributed by atoms with Crippen LogP contribution in [0.2, 0.25) is 0 Å². The van der Waals surface area contributed by atoms with E-state index in [0.29, 0.717) is 12.7 Å². The molecule has 186 valence electrons. The van der Waals surface area contributed by atoms with Crippen molar-refractivity contribution in [3.63, 3.8) is 0 Å². The fourth-order valence-corrected chi connectivity index (χ4v) is 2.97. The van der Waals surface area contributed by atoms with Gasteiger partial charge in [-0.1, -0.05) is 6.92 Å². The first-order valence-corrected chi connectivity index (χ1v) is 10.2. The number of rotatable bonds is 15. The Labute approximate surface area is 195 Å². The number of nitro benzene ring substituents is 1. The lowest BCUT2D eigenvalue weighted by Crippen LogP contribution is -2.54. The minimum Gasteiger partial charge on any atom is -0.488 e. The van der Waals surface area contributed by atoms with E-state index in [-0.39, 0.29) is 30.1 Å². The first-order chi connectivity index (χ1) is 16.0. The van der Waals surface area contributed by atoms with Crippen LogP contribution in [0.4, 0.5) is 5.69 Å². The van der Waals surface area contributed by atoms with Gasteiger partial charge < -0.3 is 31.7 Å². The molecule has 2 atom stereocenters. The highest BCUT2D eigenvalue weighted by atomic mass is 16.6. The molecule has 34 heavy (non-hydrogen) atoms. The fourth-order valence-electron chi connectivity index (χ4n) is 2.97. The summed E-state index contributed by atoms with van der Waals surface area (Å²) < 4.78 is 5.77. The van der Waals surface area contributed by atoms with Crippen LogP contribution in [0.25, 0.3) is 0 Å². The molecule has 0 saturated heterocycles. The van der Waals surface area contributed by atoms with E-state index < -0.39 is 53.7 Å². The number of benzene rings is 1. The maximum Gasteiger partial charge on any atom is 0.270 e. The summed E-state index contributed by atoms with van der Waals surface area (Å²) in [7, 11) is 1.51. The summed E-state index contributed by atoms with van der Waals surface area (Å²) in [4.78, 5) is 70.8.